The Hall–Kier alpha value is -2.59. The van der Waals surface area contributed by atoms with Crippen LogP contribution in [0, 0.1) is 29.2 Å². The van der Waals surface area contributed by atoms with Crippen molar-refractivity contribution >= 4 is 17.6 Å². The van der Waals surface area contributed by atoms with Crippen LogP contribution in [0.1, 0.15) is 44.6 Å². The van der Waals surface area contributed by atoms with Crippen molar-refractivity contribution in [2.24, 2.45) is 17.8 Å². The third-order valence-electron chi connectivity index (χ3n) is 7.49. The van der Waals surface area contributed by atoms with Gasteiger partial charge in [-0.05, 0) is 49.1 Å². The second-order valence-electron chi connectivity index (χ2n) is 8.84. The van der Waals surface area contributed by atoms with Crippen LogP contribution in [0.4, 0.5) is 5.69 Å². The second kappa shape index (κ2) is 7.92. The van der Waals surface area contributed by atoms with E-state index in [1.807, 2.05) is 31.2 Å². The normalized spacial score (nSPS) is 35.1. The molecule has 2 fully saturated rings. The fraction of sp³-hybridized carbons (Fsp3) is 0.609. The molecule has 0 unspecified atom stereocenters. The monoisotopic (exact) mass is 411 g/mol. The summed E-state index contributed by atoms with van der Waals surface area (Å²) in [5.41, 5.74) is 0.866. The van der Waals surface area contributed by atoms with E-state index in [1.165, 1.54) is 7.11 Å². The summed E-state index contributed by atoms with van der Waals surface area (Å²) >= 11 is 0. The Labute approximate surface area is 177 Å². The Bertz CT molecular complexity index is 881. The molecule has 1 saturated carbocycles. The highest BCUT2D eigenvalue weighted by Crippen LogP contribution is 2.51. The molecule has 1 saturated heterocycles. The van der Waals surface area contributed by atoms with Crippen LogP contribution in [-0.2, 0) is 19.7 Å². The number of hydrogen-bond acceptors (Lipinski definition) is 6. The molecule has 0 aromatic heterocycles. The van der Waals surface area contributed by atoms with E-state index in [0.717, 1.165) is 24.1 Å². The minimum atomic E-state index is -0.852. The number of fused-ring (bicyclic) bond motifs is 2. The van der Waals surface area contributed by atoms with E-state index >= 15 is 0 Å². The molecular formula is C23H29N3O4. The van der Waals surface area contributed by atoms with Crippen molar-refractivity contribution in [2.75, 3.05) is 19.0 Å². The summed E-state index contributed by atoms with van der Waals surface area (Å²) < 4.78 is 5.02. The first-order valence-electron chi connectivity index (χ1n) is 10.8. The molecule has 2 N–H and O–H groups in total. The van der Waals surface area contributed by atoms with Gasteiger partial charge in [-0.2, -0.15) is 5.26 Å². The number of amides is 1. The number of benzene rings is 1. The van der Waals surface area contributed by atoms with E-state index in [2.05, 4.69) is 11.5 Å². The molecule has 1 amide bonds. The molecule has 2 heterocycles. The fourth-order valence-corrected chi connectivity index (χ4v) is 6.21. The summed E-state index contributed by atoms with van der Waals surface area (Å²) in [4.78, 5) is 27.7. The number of aliphatic hydroxyl groups is 1. The third-order valence-corrected chi connectivity index (χ3v) is 7.49. The highest BCUT2D eigenvalue weighted by atomic mass is 16.5. The first-order chi connectivity index (χ1) is 14.5. The fourth-order valence-electron chi connectivity index (χ4n) is 6.21. The van der Waals surface area contributed by atoms with E-state index in [0.29, 0.717) is 25.8 Å². The zero-order valence-electron chi connectivity index (χ0n) is 17.5. The largest absolute Gasteiger partial charge is 0.469 e. The molecule has 30 heavy (non-hydrogen) atoms. The molecule has 0 spiro atoms. The molecule has 7 heteroatoms. The molecule has 1 aromatic carbocycles. The van der Waals surface area contributed by atoms with Crippen molar-refractivity contribution in [3.05, 3.63) is 29.8 Å². The predicted molar refractivity (Wildman–Crippen MR) is 110 cm³/mol. The van der Waals surface area contributed by atoms with Crippen LogP contribution in [0.25, 0.3) is 0 Å². The molecule has 160 valence electrons. The van der Waals surface area contributed by atoms with Crippen LogP contribution in [-0.4, -0.2) is 47.7 Å². The lowest BCUT2D eigenvalue weighted by Gasteiger charge is -2.52. The smallest absolute Gasteiger partial charge is 0.311 e. The highest BCUT2D eigenvalue weighted by molar-refractivity contribution is 6.07. The molecule has 7 nitrogen and oxygen atoms in total. The number of nitrogens with one attached hydrogen (secondary N) is 1. The number of methoxy groups -OCH3 is 1. The maximum absolute atomic E-state index is 13.4. The Balaban J connectivity index is 1.79. The summed E-state index contributed by atoms with van der Waals surface area (Å²) in [6.07, 6.45) is 4.77. The summed E-state index contributed by atoms with van der Waals surface area (Å²) in [7, 11) is 1.35. The highest BCUT2D eigenvalue weighted by Gasteiger charge is 2.58. The summed E-state index contributed by atoms with van der Waals surface area (Å²) in [6, 6.07) is 7.31. The quantitative estimate of drug-likeness (QED) is 0.583. The van der Waals surface area contributed by atoms with Crippen LogP contribution in [0.3, 0.4) is 0 Å². The van der Waals surface area contributed by atoms with Gasteiger partial charge in [0.05, 0.1) is 30.6 Å². The van der Waals surface area contributed by atoms with Crippen LogP contribution >= 0.6 is 0 Å². The van der Waals surface area contributed by atoms with Crippen molar-refractivity contribution in [3.8, 4) is 6.19 Å². The Kier molecular flexibility index (Phi) is 5.46. The second-order valence-corrected chi connectivity index (χ2v) is 8.84. The molecule has 3 aliphatic rings. The number of para-hydroxylation sites is 1. The molecule has 6 atom stereocenters. The summed E-state index contributed by atoms with van der Waals surface area (Å²) in [5.74, 6) is -1.10. The number of nitrogens with zero attached hydrogens (tertiary/aromatic N) is 2. The number of ether oxygens (including phenoxy) is 1. The van der Waals surface area contributed by atoms with Gasteiger partial charge in [0.15, 0.2) is 6.19 Å². The minimum Gasteiger partial charge on any atom is -0.469 e. The summed E-state index contributed by atoms with van der Waals surface area (Å²) in [5, 5.41) is 23.6. The van der Waals surface area contributed by atoms with Crippen molar-refractivity contribution in [3.63, 3.8) is 0 Å². The number of likely N-dealkylation sites (tertiary alicyclic amines) is 1. The van der Waals surface area contributed by atoms with Crippen LogP contribution in [0.15, 0.2) is 24.3 Å². The van der Waals surface area contributed by atoms with Crippen molar-refractivity contribution in [1.29, 1.82) is 5.26 Å². The van der Waals surface area contributed by atoms with Crippen molar-refractivity contribution in [1.82, 2.24) is 4.90 Å². The van der Waals surface area contributed by atoms with Gasteiger partial charge in [-0.15, -0.1) is 0 Å². The number of carbonyl (C=O) groups is 2. The van der Waals surface area contributed by atoms with Gasteiger partial charge in [0.1, 0.15) is 0 Å². The standard InChI is InChI=1S/C23H29N3O4/c1-3-10-23(16-6-4-5-7-17(16)25-22(23)29)19-11-15-14(12-26(19)13-24)8-9-18(27)20(15)21(28)30-2/h4-7,14-15,18-20,27H,3,8-12H2,1-2H3,(H,25,29)/t14-,15-,18-,19-,20+,23-/m0/s1. The first kappa shape index (κ1) is 20.7. The van der Waals surface area contributed by atoms with Gasteiger partial charge in [0, 0.05) is 12.2 Å². The van der Waals surface area contributed by atoms with Crippen molar-refractivity contribution in [2.45, 2.75) is 56.6 Å². The Morgan fingerprint density at radius 2 is 2.17 bits per heavy atom. The lowest BCUT2D eigenvalue weighted by Crippen LogP contribution is -2.61. The Morgan fingerprint density at radius 3 is 2.87 bits per heavy atom. The third kappa shape index (κ3) is 2.97. The number of carbonyl (C=O) groups excluding carboxylic acids is 2. The zero-order chi connectivity index (χ0) is 21.5. The van der Waals surface area contributed by atoms with Gasteiger partial charge in [0.2, 0.25) is 5.91 Å². The van der Waals surface area contributed by atoms with E-state index in [4.69, 9.17) is 4.74 Å². The lowest BCUT2D eigenvalue weighted by molar-refractivity contribution is -0.160. The topological polar surface area (TPSA) is 103 Å². The molecule has 0 bridgehead atoms. The van der Waals surface area contributed by atoms with E-state index in [1.54, 1.807) is 4.90 Å². The zero-order valence-corrected chi connectivity index (χ0v) is 17.5. The van der Waals surface area contributed by atoms with Crippen molar-refractivity contribution < 1.29 is 19.4 Å². The molecule has 2 aliphatic heterocycles. The molecule has 4 rings (SSSR count). The number of hydrogen-bond donors (Lipinski definition) is 2. The average Bonchev–Trinajstić information content (AvgIpc) is 3.04. The van der Waals surface area contributed by atoms with Crippen LogP contribution in [0.5, 0.6) is 0 Å². The van der Waals surface area contributed by atoms with Gasteiger partial charge in [0.25, 0.3) is 0 Å². The SMILES string of the molecule is CCC[C@]1([C@@H]2C[C@H]3[C@@H](CC[C@H](O)[C@@H]3C(=O)OC)CN2C#N)C(=O)Nc2ccccc21. The van der Waals surface area contributed by atoms with Gasteiger partial charge in [-0.1, -0.05) is 31.5 Å². The maximum Gasteiger partial charge on any atom is 0.311 e. The molecule has 1 aliphatic carbocycles. The van der Waals surface area contributed by atoms with E-state index in [-0.39, 0.29) is 23.8 Å². The number of piperidine rings is 1. The van der Waals surface area contributed by atoms with Gasteiger partial charge < -0.3 is 20.1 Å². The predicted octanol–water partition coefficient (Wildman–Crippen LogP) is 2.41. The van der Waals surface area contributed by atoms with Crippen LogP contribution < -0.4 is 5.32 Å². The number of aliphatic hydroxyl groups excluding tert-OH is 1. The van der Waals surface area contributed by atoms with Gasteiger partial charge >= 0.3 is 5.97 Å². The maximum atomic E-state index is 13.4. The Morgan fingerprint density at radius 1 is 1.40 bits per heavy atom. The van der Waals surface area contributed by atoms with Gasteiger partial charge in [-0.25, -0.2) is 0 Å². The molecule has 1 aromatic rings. The number of nitriles is 1. The molecule has 0 radical (unpaired) electrons. The number of anilines is 1. The van der Waals surface area contributed by atoms with E-state index in [9.17, 15) is 20.0 Å². The van der Waals surface area contributed by atoms with Gasteiger partial charge in [-0.3, -0.25) is 9.59 Å². The number of rotatable bonds is 4. The number of esters is 1. The summed E-state index contributed by atoms with van der Waals surface area (Å²) in [6.45, 7) is 2.53. The van der Waals surface area contributed by atoms with E-state index < -0.39 is 23.4 Å². The first-order valence-corrected chi connectivity index (χ1v) is 10.8. The lowest BCUT2D eigenvalue weighted by atomic mass is 9.60. The molecular weight excluding hydrogens is 382 g/mol. The average molecular weight is 412 g/mol. The minimum absolute atomic E-state index is 0.0831. The van der Waals surface area contributed by atoms with Crippen LogP contribution in [0.2, 0.25) is 0 Å².